The van der Waals surface area contributed by atoms with Gasteiger partial charge in [0.1, 0.15) is 5.78 Å². The summed E-state index contributed by atoms with van der Waals surface area (Å²) >= 11 is 0. The van der Waals surface area contributed by atoms with Crippen molar-refractivity contribution in [3.63, 3.8) is 0 Å². The molecular weight excluding hydrogens is 176 g/mol. The number of aliphatic hydroxyl groups excluding tert-OH is 1. The van der Waals surface area contributed by atoms with E-state index in [4.69, 9.17) is 0 Å². The Morgan fingerprint density at radius 3 is 2.21 bits per heavy atom. The van der Waals surface area contributed by atoms with Gasteiger partial charge in [-0.05, 0) is 12.8 Å². The van der Waals surface area contributed by atoms with Crippen LogP contribution >= 0.6 is 0 Å². The van der Waals surface area contributed by atoms with Crippen molar-refractivity contribution in [3.8, 4) is 0 Å². The molecule has 0 saturated heterocycles. The molecule has 0 aromatic heterocycles. The molecule has 0 amide bonds. The number of carbonyl (C=O) groups excluding carboxylic acids is 1. The van der Waals surface area contributed by atoms with Gasteiger partial charge in [-0.15, -0.1) is 0 Å². The monoisotopic (exact) mass is 198 g/mol. The normalized spacial score (nSPS) is 27.8. The molecular formula is C12H22O2. The fraction of sp³-hybridized carbons (Fsp3) is 0.917. The Balaban J connectivity index is 2.26. The highest BCUT2D eigenvalue weighted by atomic mass is 16.3. The van der Waals surface area contributed by atoms with Crippen LogP contribution in [0.4, 0.5) is 0 Å². The van der Waals surface area contributed by atoms with Crippen molar-refractivity contribution in [1.29, 1.82) is 0 Å². The van der Waals surface area contributed by atoms with Gasteiger partial charge in [0.15, 0.2) is 0 Å². The minimum atomic E-state index is -0.373. The van der Waals surface area contributed by atoms with E-state index < -0.39 is 0 Å². The number of ketones is 1. The van der Waals surface area contributed by atoms with Gasteiger partial charge in [-0.2, -0.15) is 0 Å². The number of hydrogen-bond acceptors (Lipinski definition) is 2. The van der Waals surface area contributed by atoms with E-state index in [9.17, 15) is 9.90 Å². The number of Topliss-reactive ketones (excluding diaryl/α,β-unsaturated/α-hetero) is 1. The van der Waals surface area contributed by atoms with Crippen LogP contribution in [0, 0.1) is 0 Å². The molecule has 1 aliphatic rings. The molecule has 1 rings (SSSR count). The number of carbonyl (C=O) groups is 1. The Bertz CT molecular complexity index is 166. The Kier molecular flexibility index (Phi) is 5.85. The fourth-order valence-electron chi connectivity index (χ4n) is 2.05. The molecule has 1 aliphatic carbocycles. The zero-order chi connectivity index (χ0) is 10.2. The van der Waals surface area contributed by atoms with Crippen molar-refractivity contribution in [1.82, 2.24) is 0 Å². The molecule has 0 aromatic carbocycles. The Hall–Kier alpha value is -0.370. The lowest BCUT2D eigenvalue weighted by molar-refractivity contribution is -0.121. The van der Waals surface area contributed by atoms with Gasteiger partial charge in [-0.3, -0.25) is 4.79 Å². The van der Waals surface area contributed by atoms with Crippen molar-refractivity contribution in [2.45, 2.75) is 70.3 Å². The van der Waals surface area contributed by atoms with Crippen LogP contribution in [0.15, 0.2) is 0 Å². The van der Waals surface area contributed by atoms with Gasteiger partial charge >= 0.3 is 0 Å². The van der Waals surface area contributed by atoms with Crippen LogP contribution in [0.3, 0.4) is 0 Å². The molecule has 1 unspecified atom stereocenters. The largest absolute Gasteiger partial charge is 0.393 e. The minimum absolute atomic E-state index is 0.248. The second-order valence-electron chi connectivity index (χ2n) is 4.41. The molecule has 1 saturated carbocycles. The van der Waals surface area contributed by atoms with Gasteiger partial charge in [0, 0.05) is 12.8 Å². The lowest BCUT2D eigenvalue weighted by Crippen LogP contribution is -2.13. The fourth-order valence-corrected chi connectivity index (χ4v) is 2.05. The molecule has 1 N–H and O–H groups in total. The first-order valence-electron chi connectivity index (χ1n) is 5.99. The molecule has 82 valence electrons. The average Bonchev–Trinajstić information content (AvgIpc) is 2.13. The molecule has 0 aromatic rings. The summed E-state index contributed by atoms with van der Waals surface area (Å²) in [5.41, 5.74) is 0. The Labute approximate surface area is 86.7 Å². The van der Waals surface area contributed by atoms with Crippen LogP contribution < -0.4 is 0 Å². The SMILES string of the molecule is O=C1CCCCCCCCCC(O)C1. The molecule has 2 nitrogen and oxygen atoms in total. The zero-order valence-corrected chi connectivity index (χ0v) is 9.00. The summed E-state index contributed by atoms with van der Waals surface area (Å²) in [7, 11) is 0. The second kappa shape index (κ2) is 6.99. The van der Waals surface area contributed by atoms with E-state index in [0.29, 0.717) is 12.8 Å². The number of hydrogen-bond donors (Lipinski definition) is 1. The molecule has 0 heterocycles. The maximum atomic E-state index is 11.3. The summed E-state index contributed by atoms with van der Waals surface area (Å²) < 4.78 is 0. The number of aliphatic hydroxyl groups is 1. The van der Waals surface area contributed by atoms with E-state index in [1.807, 2.05) is 0 Å². The van der Waals surface area contributed by atoms with E-state index in [2.05, 4.69) is 0 Å². The number of rotatable bonds is 0. The van der Waals surface area contributed by atoms with Crippen molar-refractivity contribution < 1.29 is 9.90 Å². The Morgan fingerprint density at radius 2 is 1.50 bits per heavy atom. The topological polar surface area (TPSA) is 37.3 Å². The van der Waals surface area contributed by atoms with E-state index in [0.717, 1.165) is 19.3 Å². The van der Waals surface area contributed by atoms with E-state index in [1.165, 1.54) is 32.1 Å². The lowest BCUT2D eigenvalue weighted by atomic mass is 9.99. The van der Waals surface area contributed by atoms with Gasteiger partial charge < -0.3 is 5.11 Å². The molecule has 14 heavy (non-hydrogen) atoms. The lowest BCUT2D eigenvalue weighted by Gasteiger charge is -2.11. The summed E-state index contributed by atoms with van der Waals surface area (Å²) in [6.45, 7) is 0. The van der Waals surface area contributed by atoms with Crippen LogP contribution in [0.25, 0.3) is 0 Å². The molecule has 0 radical (unpaired) electrons. The average molecular weight is 198 g/mol. The molecule has 0 bridgehead atoms. The highest BCUT2D eigenvalue weighted by Crippen LogP contribution is 2.15. The third-order valence-corrected chi connectivity index (χ3v) is 2.96. The van der Waals surface area contributed by atoms with E-state index in [-0.39, 0.29) is 11.9 Å². The molecule has 1 fully saturated rings. The first-order valence-corrected chi connectivity index (χ1v) is 5.99. The van der Waals surface area contributed by atoms with Crippen LogP contribution in [0.2, 0.25) is 0 Å². The highest BCUT2D eigenvalue weighted by molar-refractivity contribution is 5.78. The first-order chi connectivity index (χ1) is 6.79. The summed E-state index contributed by atoms with van der Waals surface area (Å²) in [5.74, 6) is 0.248. The Morgan fingerprint density at radius 1 is 0.929 bits per heavy atom. The van der Waals surface area contributed by atoms with Crippen LogP contribution in [-0.4, -0.2) is 17.0 Å². The van der Waals surface area contributed by atoms with Gasteiger partial charge in [-0.25, -0.2) is 0 Å². The van der Waals surface area contributed by atoms with Crippen LogP contribution in [-0.2, 0) is 4.79 Å². The van der Waals surface area contributed by atoms with Gasteiger partial charge in [0.2, 0.25) is 0 Å². The standard InChI is InChI=1S/C12H22O2/c13-11-8-6-4-2-1-3-5-7-9-12(14)10-11/h11,13H,1-10H2. The third-order valence-electron chi connectivity index (χ3n) is 2.96. The zero-order valence-electron chi connectivity index (χ0n) is 9.00. The molecule has 0 spiro atoms. The predicted molar refractivity (Wildman–Crippen MR) is 57.2 cm³/mol. The second-order valence-corrected chi connectivity index (χ2v) is 4.41. The first kappa shape index (κ1) is 11.7. The molecule has 0 aliphatic heterocycles. The summed E-state index contributed by atoms with van der Waals surface area (Å²) in [6, 6.07) is 0. The third kappa shape index (κ3) is 5.38. The highest BCUT2D eigenvalue weighted by Gasteiger charge is 2.10. The quantitative estimate of drug-likeness (QED) is 0.650. The van der Waals surface area contributed by atoms with E-state index >= 15 is 0 Å². The maximum absolute atomic E-state index is 11.3. The van der Waals surface area contributed by atoms with Crippen molar-refractivity contribution in [2.24, 2.45) is 0 Å². The molecule has 1 atom stereocenters. The maximum Gasteiger partial charge on any atom is 0.135 e. The summed E-state index contributed by atoms with van der Waals surface area (Å²) in [4.78, 5) is 11.3. The summed E-state index contributed by atoms with van der Waals surface area (Å²) in [6.07, 6.45) is 9.86. The van der Waals surface area contributed by atoms with Crippen molar-refractivity contribution >= 4 is 5.78 Å². The van der Waals surface area contributed by atoms with Crippen molar-refractivity contribution in [2.75, 3.05) is 0 Å². The van der Waals surface area contributed by atoms with Gasteiger partial charge in [0.25, 0.3) is 0 Å². The molecule has 2 heteroatoms. The van der Waals surface area contributed by atoms with E-state index in [1.54, 1.807) is 0 Å². The van der Waals surface area contributed by atoms with Crippen LogP contribution in [0.5, 0.6) is 0 Å². The van der Waals surface area contributed by atoms with Gasteiger partial charge in [-0.1, -0.05) is 38.5 Å². The minimum Gasteiger partial charge on any atom is -0.393 e. The van der Waals surface area contributed by atoms with Gasteiger partial charge in [0.05, 0.1) is 6.10 Å². The van der Waals surface area contributed by atoms with Crippen LogP contribution in [0.1, 0.15) is 64.2 Å². The summed E-state index contributed by atoms with van der Waals surface area (Å²) in [5, 5.41) is 9.54. The van der Waals surface area contributed by atoms with Crippen molar-refractivity contribution in [3.05, 3.63) is 0 Å². The smallest absolute Gasteiger partial charge is 0.135 e. The predicted octanol–water partition coefficient (Wildman–Crippen LogP) is 2.83.